The molecule has 0 amide bonds. The molecule has 126 valence electrons. The summed E-state index contributed by atoms with van der Waals surface area (Å²) < 4.78 is 5.90. The molecule has 1 aliphatic carbocycles. The SMILES string of the molecule is O=C1C=C(OCc2ccccc2)C2C(c3c(Cl)cccc3Cl)=NOC12. The Kier molecular flexibility index (Phi) is 4.24. The molecular weight excluding hydrogens is 361 g/mol. The smallest absolute Gasteiger partial charge is 0.204 e. The normalized spacial score (nSPS) is 21.4. The minimum atomic E-state index is -0.715. The molecule has 0 radical (unpaired) electrons. The molecule has 2 aliphatic rings. The Morgan fingerprint density at radius 1 is 1.04 bits per heavy atom. The van der Waals surface area contributed by atoms with Gasteiger partial charge in [-0.2, -0.15) is 0 Å². The number of rotatable bonds is 4. The van der Waals surface area contributed by atoms with Gasteiger partial charge < -0.3 is 9.57 Å². The molecule has 25 heavy (non-hydrogen) atoms. The average molecular weight is 374 g/mol. The van der Waals surface area contributed by atoms with E-state index in [4.69, 9.17) is 32.8 Å². The summed E-state index contributed by atoms with van der Waals surface area (Å²) in [6.07, 6.45) is 0.755. The van der Waals surface area contributed by atoms with E-state index in [0.717, 1.165) is 5.56 Å². The summed E-state index contributed by atoms with van der Waals surface area (Å²) in [5, 5.41) is 4.99. The van der Waals surface area contributed by atoms with Gasteiger partial charge in [-0.25, -0.2) is 0 Å². The number of nitrogens with zero attached hydrogens (tertiary/aromatic N) is 1. The van der Waals surface area contributed by atoms with Crippen LogP contribution in [0.25, 0.3) is 0 Å². The third-order valence-electron chi connectivity index (χ3n) is 4.20. The number of fused-ring (bicyclic) bond motifs is 1. The monoisotopic (exact) mass is 373 g/mol. The Morgan fingerprint density at radius 3 is 2.48 bits per heavy atom. The van der Waals surface area contributed by atoms with Crippen LogP contribution in [-0.2, 0) is 21.0 Å². The average Bonchev–Trinajstić information content (AvgIpc) is 3.16. The second-order valence-electron chi connectivity index (χ2n) is 5.80. The molecule has 2 unspecified atom stereocenters. The second kappa shape index (κ2) is 6.54. The van der Waals surface area contributed by atoms with E-state index in [-0.39, 0.29) is 5.78 Å². The Morgan fingerprint density at radius 2 is 1.76 bits per heavy atom. The van der Waals surface area contributed by atoms with Crippen molar-refractivity contribution in [2.75, 3.05) is 0 Å². The van der Waals surface area contributed by atoms with E-state index in [2.05, 4.69) is 5.16 Å². The van der Waals surface area contributed by atoms with E-state index >= 15 is 0 Å². The molecule has 4 nitrogen and oxygen atoms in total. The summed E-state index contributed by atoms with van der Waals surface area (Å²) >= 11 is 12.6. The largest absolute Gasteiger partial charge is 0.492 e. The van der Waals surface area contributed by atoms with Crippen molar-refractivity contribution >= 4 is 34.7 Å². The van der Waals surface area contributed by atoms with E-state index in [1.54, 1.807) is 18.2 Å². The van der Waals surface area contributed by atoms with Crippen molar-refractivity contribution < 1.29 is 14.4 Å². The van der Waals surface area contributed by atoms with Crippen molar-refractivity contribution in [3.63, 3.8) is 0 Å². The van der Waals surface area contributed by atoms with Crippen LogP contribution in [0.1, 0.15) is 11.1 Å². The van der Waals surface area contributed by atoms with Crippen LogP contribution in [0.5, 0.6) is 0 Å². The maximum atomic E-state index is 12.2. The number of benzene rings is 2. The van der Waals surface area contributed by atoms with Crippen LogP contribution in [0.3, 0.4) is 0 Å². The molecule has 2 atom stereocenters. The fourth-order valence-electron chi connectivity index (χ4n) is 3.00. The van der Waals surface area contributed by atoms with Gasteiger partial charge in [0, 0.05) is 11.6 Å². The van der Waals surface area contributed by atoms with Gasteiger partial charge in [0.2, 0.25) is 11.9 Å². The minimum Gasteiger partial charge on any atom is -0.492 e. The van der Waals surface area contributed by atoms with E-state index in [0.29, 0.717) is 33.7 Å². The Balaban J connectivity index is 1.62. The third-order valence-corrected chi connectivity index (χ3v) is 4.83. The van der Waals surface area contributed by atoms with Gasteiger partial charge in [-0.15, -0.1) is 0 Å². The highest BCUT2D eigenvalue weighted by Gasteiger charge is 2.48. The molecule has 6 heteroatoms. The molecule has 0 spiro atoms. The fraction of sp³-hybridized carbons (Fsp3) is 0.158. The van der Waals surface area contributed by atoms with Crippen molar-refractivity contribution in [3.8, 4) is 0 Å². The van der Waals surface area contributed by atoms with Crippen molar-refractivity contribution in [1.82, 2.24) is 0 Å². The van der Waals surface area contributed by atoms with Gasteiger partial charge in [-0.05, 0) is 17.7 Å². The molecule has 1 heterocycles. The Labute approximate surface area is 154 Å². The first kappa shape index (κ1) is 16.2. The number of oxime groups is 1. The molecule has 0 saturated heterocycles. The highest BCUT2D eigenvalue weighted by atomic mass is 35.5. The van der Waals surface area contributed by atoms with Crippen LogP contribution in [0.2, 0.25) is 10.0 Å². The van der Waals surface area contributed by atoms with Gasteiger partial charge in [0.05, 0.1) is 10.0 Å². The molecule has 0 bridgehead atoms. The van der Waals surface area contributed by atoms with Crippen molar-refractivity contribution in [2.24, 2.45) is 11.1 Å². The topological polar surface area (TPSA) is 47.9 Å². The summed E-state index contributed by atoms with van der Waals surface area (Å²) in [6.45, 7) is 0.354. The van der Waals surface area contributed by atoms with E-state index in [1.165, 1.54) is 6.08 Å². The van der Waals surface area contributed by atoms with Crippen LogP contribution in [0, 0.1) is 5.92 Å². The van der Waals surface area contributed by atoms with Gasteiger partial charge in [0.25, 0.3) is 0 Å². The lowest BCUT2D eigenvalue weighted by atomic mass is 9.93. The van der Waals surface area contributed by atoms with E-state index in [9.17, 15) is 4.79 Å². The summed E-state index contributed by atoms with van der Waals surface area (Å²) in [4.78, 5) is 17.5. The lowest BCUT2D eigenvalue weighted by Crippen LogP contribution is -2.26. The lowest BCUT2D eigenvalue weighted by Gasteiger charge is -2.16. The van der Waals surface area contributed by atoms with Gasteiger partial charge in [0.1, 0.15) is 24.0 Å². The summed E-state index contributed by atoms with van der Waals surface area (Å²) in [5.41, 5.74) is 2.10. The number of hydrogen-bond donors (Lipinski definition) is 0. The fourth-order valence-corrected chi connectivity index (χ4v) is 3.59. The van der Waals surface area contributed by atoms with Crippen molar-refractivity contribution in [2.45, 2.75) is 12.7 Å². The van der Waals surface area contributed by atoms with Gasteiger partial charge in [-0.1, -0.05) is 64.8 Å². The predicted molar refractivity (Wildman–Crippen MR) is 95.7 cm³/mol. The standard InChI is InChI=1S/C19H13Cl2NO3/c20-12-7-4-8-13(21)16(12)18-17-15(9-14(23)19(17)25-22-18)24-10-11-5-2-1-3-6-11/h1-9,17,19H,10H2. The molecular formula is C19H13Cl2NO3. The summed E-state index contributed by atoms with van der Waals surface area (Å²) in [7, 11) is 0. The first-order valence-corrected chi connectivity index (χ1v) is 8.51. The van der Waals surface area contributed by atoms with Crippen molar-refractivity contribution in [3.05, 3.63) is 81.5 Å². The lowest BCUT2D eigenvalue weighted by molar-refractivity contribution is -0.124. The molecule has 1 aliphatic heterocycles. The van der Waals surface area contributed by atoms with Crippen LogP contribution < -0.4 is 0 Å². The highest BCUT2D eigenvalue weighted by molar-refractivity contribution is 6.40. The molecule has 4 rings (SSSR count). The van der Waals surface area contributed by atoms with Gasteiger partial charge in [0.15, 0.2) is 0 Å². The summed E-state index contributed by atoms with van der Waals surface area (Å²) in [5.74, 6) is -0.0883. The van der Waals surface area contributed by atoms with Gasteiger partial charge in [-0.3, -0.25) is 4.79 Å². The van der Waals surface area contributed by atoms with E-state index in [1.807, 2.05) is 30.3 Å². The quantitative estimate of drug-likeness (QED) is 0.797. The van der Waals surface area contributed by atoms with Crippen LogP contribution >= 0.6 is 23.2 Å². The van der Waals surface area contributed by atoms with Crippen LogP contribution in [-0.4, -0.2) is 17.6 Å². The molecule has 2 aromatic carbocycles. The van der Waals surface area contributed by atoms with Crippen LogP contribution in [0.15, 0.2) is 65.5 Å². The van der Waals surface area contributed by atoms with Crippen LogP contribution in [0.4, 0.5) is 0 Å². The Hall–Kier alpha value is -2.30. The predicted octanol–water partition coefficient (Wildman–Crippen LogP) is 4.40. The molecule has 0 saturated carbocycles. The molecule has 0 aromatic heterocycles. The zero-order valence-electron chi connectivity index (χ0n) is 13.0. The van der Waals surface area contributed by atoms with E-state index < -0.39 is 12.0 Å². The van der Waals surface area contributed by atoms with Crippen molar-refractivity contribution in [1.29, 1.82) is 0 Å². The van der Waals surface area contributed by atoms with Gasteiger partial charge >= 0.3 is 0 Å². The third kappa shape index (κ3) is 2.92. The zero-order chi connectivity index (χ0) is 17.4. The number of halogens is 2. The molecule has 0 fully saturated rings. The first-order chi connectivity index (χ1) is 12.1. The maximum Gasteiger partial charge on any atom is 0.204 e. The minimum absolute atomic E-state index is 0.171. The Bertz CT molecular complexity index is 873. The number of carbonyl (C=O) groups excluding carboxylic acids is 1. The number of ether oxygens (including phenoxy) is 1. The zero-order valence-corrected chi connectivity index (χ0v) is 14.5. The maximum absolute atomic E-state index is 12.2. The highest BCUT2D eigenvalue weighted by Crippen LogP contribution is 2.39. The second-order valence-corrected chi connectivity index (χ2v) is 6.61. The first-order valence-electron chi connectivity index (χ1n) is 7.75. The number of carbonyl (C=O) groups is 1. The number of hydrogen-bond acceptors (Lipinski definition) is 4. The molecule has 0 N–H and O–H groups in total. The summed E-state index contributed by atoms with van der Waals surface area (Å²) in [6, 6.07) is 14.9. The molecule has 2 aromatic rings. The number of ketones is 1.